The van der Waals surface area contributed by atoms with Gasteiger partial charge in [0.15, 0.2) is 11.9 Å². The molecule has 0 saturated heterocycles. The van der Waals surface area contributed by atoms with Gasteiger partial charge in [-0.15, -0.1) is 10.2 Å². The summed E-state index contributed by atoms with van der Waals surface area (Å²) in [5.74, 6) is 0.476. The minimum absolute atomic E-state index is 0.363. The second-order valence-electron chi connectivity index (χ2n) is 6.08. The van der Waals surface area contributed by atoms with E-state index in [1.807, 2.05) is 49.6 Å². The maximum absolute atomic E-state index is 6.23. The van der Waals surface area contributed by atoms with Crippen molar-refractivity contribution in [1.29, 1.82) is 0 Å². The first kappa shape index (κ1) is 18.0. The highest BCUT2D eigenvalue weighted by Gasteiger charge is 2.26. The second-order valence-corrected chi connectivity index (χ2v) is 7.77. The second kappa shape index (κ2) is 7.70. The minimum atomic E-state index is -0.363. The molecule has 1 aromatic heterocycles. The molecule has 0 amide bonds. The number of benzene rings is 2. The van der Waals surface area contributed by atoms with Crippen LogP contribution in [-0.2, 0) is 0 Å². The van der Waals surface area contributed by atoms with Gasteiger partial charge in [0.2, 0.25) is 11.0 Å². The maximum atomic E-state index is 6.23. The van der Waals surface area contributed by atoms with E-state index in [-0.39, 0.29) is 6.23 Å². The van der Waals surface area contributed by atoms with E-state index in [1.165, 1.54) is 11.8 Å². The summed E-state index contributed by atoms with van der Waals surface area (Å²) >= 11 is 4.97. The van der Waals surface area contributed by atoms with Gasteiger partial charge in [-0.1, -0.05) is 64.1 Å². The Morgan fingerprint density at radius 1 is 1.19 bits per heavy atom. The van der Waals surface area contributed by atoms with Gasteiger partial charge in [0, 0.05) is 15.7 Å². The van der Waals surface area contributed by atoms with Gasteiger partial charge in [0.1, 0.15) is 0 Å². The molecule has 0 saturated carbocycles. The smallest absolute Gasteiger partial charge is 0.247 e. The summed E-state index contributed by atoms with van der Waals surface area (Å²) in [5, 5.41) is 12.6. The van der Waals surface area contributed by atoms with Crippen LogP contribution >= 0.6 is 27.7 Å². The van der Waals surface area contributed by atoms with E-state index in [1.54, 1.807) is 0 Å². The van der Waals surface area contributed by atoms with Crippen LogP contribution in [0.5, 0.6) is 5.88 Å². The average Bonchev–Trinajstić information content (AvgIpc) is 2.85. The van der Waals surface area contributed by atoms with Crippen LogP contribution in [0.1, 0.15) is 12.5 Å². The van der Waals surface area contributed by atoms with E-state index in [9.17, 15) is 0 Å². The Morgan fingerprint density at radius 2 is 2.00 bits per heavy atom. The van der Waals surface area contributed by atoms with Gasteiger partial charge >= 0.3 is 0 Å². The van der Waals surface area contributed by atoms with Crippen LogP contribution in [0, 0.1) is 0 Å². The highest BCUT2D eigenvalue weighted by molar-refractivity contribution is 9.10. The van der Waals surface area contributed by atoms with Crippen molar-refractivity contribution in [2.24, 2.45) is 0 Å². The van der Waals surface area contributed by atoms with E-state index in [4.69, 9.17) is 4.74 Å². The Kier molecular flexibility index (Phi) is 5.13. The normalized spacial score (nSPS) is 15.8. The van der Waals surface area contributed by atoms with E-state index in [0.717, 1.165) is 26.9 Å². The number of hydrogen-bond acceptors (Lipinski definition) is 6. The Hall–Kier alpha value is -2.38. The Labute approximate surface area is 170 Å². The van der Waals surface area contributed by atoms with Gasteiger partial charge < -0.3 is 10.1 Å². The van der Waals surface area contributed by atoms with Crippen molar-refractivity contribution in [3.05, 3.63) is 64.1 Å². The fraction of sp³-hybridized carbons (Fsp3) is 0.150. The number of aromatic nitrogens is 3. The number of nitrogens with zero attached hydrogens (tertiary/aromatic N) is 3. The minimum Gasteiger partial charge on any atom is -0.448 e. The molecule has 5 nitrogen and oxygen atoms in total. The molecule has 0 bridgehead atoms. The van der Waals surface area contributed by atoms with Gasteiger partial charge in [-0.3, -0.25) is 0 Å². The molecule has 3 aromatic rings. The van der Waals surface area contributed by atoms with Crippen molar-refractivity contribution in [2.75, 3.05) is 11.6 Å². The lowest BCUT2D eigenvalue weighted by atomic mass is 10.1. The van der Waals surface area contributed by atoms with E-state index < -0.39 is 0 Å². The fourth-order valence-electron chi connectivity index (χ4n) is 2.85. The molecule has 1 N–H and O–H groups in total. The molecule has 136 valence electrons. The summed E-state index contributed by atoms with van der Waals surface area (Å²) in [6, 6.07) is 16.2. The van der Waals surface area contributed by atoms with Crippen molar-refractivity contribution >= 4 is 39.5 Å². The molecule has 2 heterocycles. The summed E-state index contributed by atoms with van der Waals surface area (Å²) in [4.78, 5) is 4.54. The summed E-state index contributed by atoms with van der Waals surface area (Å²) in [7, 11) is 0. The number of halogens is 1. The highest BCUT2D eigenvalue weighted by atomic mass is 79.9. The number of nitrogens with one attached hydrogen (secondary N) is 1. The first-order chi connectivity index (χ1) is 13.1. The lowest BCUT2D eigenvalue weighted by molar-refractivity contribution is 0.255. The van der Waals surface area contributed by atoms with Crippen LogP contribution < -0.4 is 10.1 Å². The van der Waals surface area contributed by atoms with E-state index >= 15 is 0 Å². The molecule has 1 aliphatic rings. The number of anilines is 1. The van der Waals surface area contributed by atoms with E-state index in [2.05, 4.69) is 54.6 Å². The van der Waals surface area contributed by atoms with Gasteiger partial charge in [0.05, 0.1) is 0 Å². The van der Waals surface area contributed by atoms with Crippen molar-refractivity contribution in [3.8, 4) is 17.1 Å². The standard InChI is InChI=1S/C20H17BrN4OS/c1-12(10-13-6-4-3-5-7-13)18-22-16-9-8-14(21)11-15(16)17-19(26-18)23-20(27-2)25-24-17/h3-11,18,22H,1-2H3/b12-10-/t18-/m0/s1. The van der Waals surface area contributed by atoms with Crippen molar-refractivity contribution < 1.29 is 4.74 Å². The quantitative estimate of drug-likeness (QED) is 0.560. The monoisotopic (exact) mass is 440 g/mol. The third kappa shape index (κ3) is 3.84. The number of hydrogen-bond donors (Lipinski definition) is 1. The lowest BCUT2D eigenvalue weighted by Crippen LogP contribution is -2.27. The molecule has 2 aromatic carbocycles. The predicted octanol–water partition coefficient (Wildman–Crippen LogP) is 5.26. The summed E-state index contributed by atoms with van der Waals surface area (Å²) in [5.41, 5.74) is 4.61. The zero-order chi connectivity index (χ0) is 18.8. The van der Waals surface area contributed by atoms with E-state index in [0.29, 0.717) is 16.7 Å². The van der Waals surface area contributed by atoms with Crippen molar-refractivity contribution in [3.63, 3.8) is 0 Å². The Balaban J connectivity index is 1.80. The largest absolute Gasteiger partial charge is 0.448 e. The van der Waals surface area contributed by atoms with Gasteiger partial charge in [-0.2, -0.15) is 4.98 Å². The zero-order valence-corrected chi connectivity index (χ0v) is 17.2. The van der Waals surface area contributed by atoms with Crippen LogP contribution in [0.3, 0.4) is 0 Å². The molecule has 0 aliphatic carbocycles. The first-order valence-corrected chi connectivity index (χ1v) is 10.4. The molecule has 27 heavy (non-hydrogen) atoms. The molecule has 4 rings (SSSR count). The highest BCUT2D eigenvalue weighted by Crippen LogP contribution is 2.38. The molecule has 0 fully saturated rings. The van der Waals surface area contributed by atoms with Crippen molar-refractivity contribution in [1.82, 2.24) is 15.2 Å². The van der Waals surface area contributed by atoms with Gasteiger partial charge in [-0.05, 0) is 42.5 Å². The Bertz CT molecular complexity index is 1010. The molecular weight excluding hydrogens is 424 g/mol. The zero-order valence-electron chi connectivity index (χ0n) is 14.8. The third-order valence-corrected chi connectivity index (χ3v) is 5.21. The summed E-state index contributed by atoms with van der Waals surface area (Å²) < 4.78 is 7.19. The molecular formula is C20H17BrN4OS. The number of fused-ring (bicyclic) bond motifs is 3. The molecule has 1 atom stereocenters. The SMILES string of the molecule is CSc1nnc2c(n1)O[C@@H](/C(C)=C\c1ccccc1)Nc1ccc(Br)cc1-2. The molecule has 1 aliphatic heterocycles. The van der Waals surface area contributed by atoms with Crippen molar-refractivity contribution in [2.45, 2.75) is 18.3 Å². The average molecular weight is 441 g/mol. The molecule has 0 radical (unpaired) electrons. The molecule has 0 spiro atoms. The predicted molar refractivity (Wildman–Crippen MR) is 113 cm³/mol. The van der Waals surface area contributed by atoms with Crippen LogP contribution in [0.4, 0.5) is 5.69 Å². The summed E-state index contributed by atoms with van der Waals surface area (Å²) in [6.45, 7) is 2.04. The third-order valence-electron chi connectivity index (χ3n) is 4.18. The van der Waals surface area contributed by atoms with Crippen LogP contribution in [0.2, 0.25) is 0 Å². The van der Waals surface area contributed by atoms with Crippen LogP contribution in [0.15, 0.2) is 63.7 Å². The van der Waals surface area contributed by atoms with Crippen LogP contribution in [0.25, 0.3) is 17.3 Å². The number of ether oxygens (including phenoxy) is 1. The maximum Gasteiger partial charge on any atom is 0.247 e. The topological polar surface area (TPSA) is 59.9 Å². The first-order valence-electron chi connectivity index (χ1n) is 8.39. The summed E-state index contributed by atoms with van der Waals surface area (Å²) in [6.07, 6.45) is 3.66. The number of rotatable bonds is 3. The van der Waals surface area contributed by atoms with Crippen LogP contribution in [-0.4, -0.2) is 27.7 Å². The Morgan fingerprint density at radius 3 is 2.78 bits per heavy atom. The lowest BCUT2D eigenvalue weighted by Gasteiger charge is -2.20. The fourth-order valence-corrected chi connectivity index (χ4v) is 3.51. The number of thioether (sulfide) groups is 1. The molecule has 7 heteroatoms. The van der Waals surface area contributed by atoms with Gasteiger partial charge in [-0.25, -0.2) is 0 Å². The molecule has 0 unspecified atom stereocenters. The van der Waals surface area contributed by atoms with Gasteiger partial charge in [0.25, 0.3) is 0 Å².